The van der Waals surface area contributed by atoms with E-state index >= 15 is 0 Å². The number of benzene rings is 3. The molecule has 2 N–H and O–H groups in total. The second kappa shape index (κ2) is 10.1. The lowest BCUT2D eigenvalue weighted by atomic mass is 9.96. The lowest BCUT2D eigenvalue weighted by molar-refractivity contribution is -0.117. The number of hydrogen-bond acceptors (Lipinski definition) is 6. The van der Waals surface area contributed by atoms with Crippen LogP contribution in [-0.2, 0) is 11.2 Å². The van der Waals surface area contributed by atoms with Gasteiger partial charge >= 0.3 is 0 Å². The number of rotatable bonds is 7. The van der Waals surface area contributed by atoms with Crippen molar-refractivity contribution in [3.05, 3.63) is 102 Å². The van der Waals surface area contributed by atoms with Crippen molar-refractivity contribution in [3.63, 3.8) is 0 Å². The molecule has 1 aliphatic heterocycles. The molecule has 33 heavy (non-hydrogen) atoms. The van der Waals surface area contributed by atoms with E-state index in [1.165, 1.54) is 17.5 Å². The van der Waals surface area contributed by atoms with Crippen LogP contribution in [0.3, 0.4) is 0 Å². The summed E-state index contributed by atoms with van der Waals surface area (Å²) in [6.45, 7) is 0.849. The number of carbonyl (C=O) groups excluding carboxylic acids is 1. The minimum Gasteiger partial charge on any atom is -0.356 e. The van der Waals surface area contributed by atoms with Crippen molar-refractivity contribution in [2.24, 2.45) is 0 Å². The number of fused-ring (bicyclic) bond motifs is 1. The fourth-order valence-electron chi connectivity index (χ4n) is 4.13. The molecule has 1 amide bonds. The molecule has 1 atom stereocenters. The highest BCUT2D eigenvalue weighted by Gasteiger charge is 2.31. The van der Waals surface area contributed by atoms with Gasteiger partial charge < -0.3 is 14.9 Å². The molecule has 1 aliphatic rings. The van der Waals surface area contributed by atoms with Crippen LogP contribution in [-0.4, -0.2) is 17.4 Å². The molecular formula is C26H24N4OS2. The van der Waals surface area contributed by atoms with Crippen LogP contribution in [0.5, 0.6) is 0 Å². The van der Waals surface area contributed by atoms with E-state index in [-0.39, 0.29) is 5.91 Å². The van der Waals surface area contributed by atoms with Crippen molar-refractivity contribution in [2.45, 2.75) is 23.8 Å². The van der Waals surface area contributed by atoms with Gasteiger partial charge in [0.25, 0.3) is 5.91 Å². The van der Waals surface area contributed by atoms with Crippen LogP contribution in [0.25, 0.3) is 0 Å². The number of thiazole rings is 1. The van der Waals surface area contributed by atoms with Crippen molar-refractivity contribution in [3.8, 4) is 0 Å². The summed E-state index contributed by atoms with van der Waals surface area (Å²) in [4.78, 5) is 21.1. The van der Waals surface area contributed by atoms with Gasteiger partial charge in [0.1, 0.15) is 6.04 Å². The van der Waals surface area contributed by atoms with Gasteiger partial charge in [-0.2, -0.15) is 0 Å². The number of hydrogen-bond donors (Lipinski definition) is 2. The molecule has 0 bridgehead atoms. The Labute approximate surface area is 202 Å². The second-order valence-electron chi connectivity index (χ2n) is 7.79. The summed E-state index contributed by atoms with van der Waals surface area (Å²) in [5, 5.41) is 5.95. The monoisotopic (exact) mass is 472 g/mol. The Bertz CT molecular complexity index is 1200. The number of aryl methyl sites for hydroxylation is 1. The Morgan fingerprint density at radius 2 is 1.79 bits per heavy atom. The first kappa shape index (κ1) is 21.6. The zero-order valence-electron chi connectivity index (χ0n) is 18.0. The van der Waals surface area contributed by atoms with Gasteiger partial charge in [-0.1, -0.05) is 48.5 Å². The molecule has 166 valence electrons. The number of para-hydroxylation sites is 1. The highest BCUT2D eigenvalue weighted by atomic mass is 32.2. The first-order valence-corrected chi connectivity index (χ1v) is 12.6. The Kier molecular flexibility index (Phi) is 6.60. The predicted molar refractivity (Wildman–Crippen MR) is 138 cm³/mol. The summed E-state index contributed by atoms with van der Waals surface area (Å²) in [6, 6.07) is 25.9. The lowest BCUT2D eigenvalue weighted by Crippen LogP contribution is -2.40. The molecule has 0 fully saturated rings. The quantitative estimate of drug-likeness (QED) is 0.305. The van der Waals surface area contributed by atoms with Crippen LogP contribution < -0.4 is 14.9 Å². The third-order valence-electron chi connectivity index (χ3n) is 5.63. The molecule has 1 unspecified atom stereocenters. The van der Waals surface area contributed by atoms with Crippen LogP contribution in [0.2, 0.25) is 0 Å². The van der Waals surface area contributed by atoms with E-state index in [9.17, 15) is 4.79 Å². The Morgan fingerprint density at radius 1 is 1.00 bits per heavy atom. The van der Waals surface area contributed by atoms with Gasteiger partial charge in [0.2, 0.25) is 0 Å². The highest BCUT2D eigenvalue weighted by molar-refractivity contribution is 8.00. The topological polar surface area (TPSA) is 57.3 Å². The van der Waals surface area contributed by atoms with Crippen molar-refractivity contribution in [1.82, 2.24) is 4.98 Å². The first-order chi connectivity index (χ1) is 16.3. The maximum Gasteiger partial charge on any atom is 0.251 e. The van der Waals surface area contributed by atoms with E-state index in [1.54, 1.807) is 17.5 Å². The third kappa shape index (κ3) is 5.05. The van der Waals surface area contributed by atoms with E-state index in [4.69, 9.17) is 0 Å². The van der Waals surface area contributed by atoms with Gasteiger partial charge in [-0.15, -0.1) is 11.3 Å². The van der Waals surface area contributed by atoms with Crippen molar-refractivity contribution in [1.29, 1.82) is 0 Å². The summed E-state index contributed by atoms with van der Waals surface area (Å²) >= 11 is 3.06. The normalized spacial score (nSPS) is 13.8. The maximum atomic E-state index is 13.6. The average molecular weight is 473 g/mol. The fraction of sp³-hybridized carbons (Fsp3) is 0.154. The molecule has 1 aromatic heterocycles. The van der Waals surface area contributed by atoms with Crippen LogP contribution in [0.1, 0.15) is 23.6 Å². The van der Waals surface area contributed by atoms with Gasteiger partial charge in [0, 0.05) is 34.4 Å². The molecule has 0 saturated heterocycles. The minimum atomic E-state index is -0.395. The standard InChI is InChI=1S/C26H24N4OS2/c31-25(28-21-12-14-22(15-13-21)33-29-26-27-16-18-32-26)24(20-8-2-1-3-9-20)30-17-6-10-19-7-4-5-11-23(19)30/h1-5,7-9,11-16,18,24H,6,10,17H2,(H,27,29)(H,28,31). The summed E-state index contributed by atoms with van der Waals surface area (Å²) in [7, 11) is 0. The van der Waals surface area contributed by atoms with Crippen LogP contribution >= 0.6 is 23.3 Å². The smallest absolute Gasteiger partial charge is 0.251 e. The molecule has 7 heteroatoms. The third-order valence-corrected chi connectivity index (χ3v) is 7.25. The number of nitrogens with one attached hydrogen (secondary N) is 2. The van der Waals surface area contributed by atoms with E-state index < -0.39 is 6.04 Å². The minimum absolute atomic E-state index is 0.0285. The van der Waals surface area contributed by atoms with E-state index in [1.807, 2.05) is 66.0 Å². The molecule has 2 heterocycles. The molecule has 0 spiro atoms. The van der Waals surface area contributed by atoms with Crippen LogP contribution in [0.4, 0.5) is 16.5 Å². The predicted octanol–water partition coefficient (Wildman–Crippen LogP) is 6.39. The highest BCUT2D eigenvalue weighted by Crippen LogP contribution is 2.35. The summed E-state index contributed by atoms with van der Waals surface area (Å²) in [5.41, 5.74) is 4.22. The number of amides is 1. The van der Waals surface area contributed by atoms with Gasteiger partial charge in [-0.25, -0.2) is 4.98 Å². The average Bonchev–Trinajstić information content (AvgIpc) is 3.38. The molecule has 0 radical (unpaired) electrons. The SMILES string of the molecule is O=C(Nc1ccc(SNc2nccs2)cc1)C(c1ccccc1)N1CCCc2ccccc21. The van der Waals surface area contributed by atoms with Crippen molar-refractivity contribution < 1.29 is 4.79 Å². The zero-order valence-corrected chi connectivity index (χ0v) is 19.6. The molecular weight excluding hydrogens is 448 g/mol. The number of carbonyl (C=O) groups is 1. The second-order valence-corrected chi connectivity index (χ2v) is 9.57. The number of anilines is 3. The first-order valence-electron chi connectivity index (χ1n) is 10.9. The van der Waals surface area contributed by atoms with E-state index in [0.717, 1.165) is 46.4 Å². The molecule has 4 aromatic rings. The van der Waals surface area contributed by atoms with E-state index in [0.29, 0.717) is 0 Å². The fourth-order valence-corrected chi connectivity index (χ4v) is 5.35. The molecule has 3 aromatic carbocycles. The van der Waals surface area contributed by atoms with Gasteiger partial charge in [0.05, 0.1) is 0 Å². The Hall–Kier alpha value is -3.29. The molecule has 5 nitrogen and oxygen atoms in total. The zero-order chi connectivity index (χ0) is 22.5. The van der Waals surface area contributed by atoms with Crippen LogP contribution in [0.15, 0.2) is 95.3 Å². The molecule has 0 aliphatic carbocycles. The van der Waals surface area contributed by atoms with Gasteiger partial charge in [0.15, 0.2) is 5.13 Å². The van der Waals surface area contributed by atoms with Crippen molar-refractivity contribution in [2.75, 3.05) is 21.5 Å². The largest absolute Gasteiger partial charge is 0.356 e. The maximum absolute atomic E-state index is 13.6. The summed E-state index contributed by atoms with van der Waals surface area (Å²) in [5.74, 6) is -0.0285. The summed E-state index contributed by atoms with van der Waals surface area (Å²) < 4.78 is 3.22. The molecule has 0 saturated carbocycles. The Morgan fingerprint density at radius 3 is 2.58 bits per heavy atom. The molecule has 5 rings (SSSR count). The summed E-state index contributed by atoms with van der Waals surface area (Å²) in [6.07, 6.45) is 3.85. The van der Waals surface area contributed by atoms with Crippen LogP contribution in [0, 0.1) is 0 Å². The Balaban J connectivity index is 1.35. The van der Waals surface area contributed by atoms with Gasteiger partial charge in [-0.05, 0) is 66.2 Å². The van der Waals surface area contributed by atoms with E-state index in [2.05, 4.69) is 38.1 Å². The lowest BCUT2D eigenvalue weighted by Gasteiger charge is -2.37. The number of nitrogens with zero attached hydrogens (tertiary/aromatic N) is 2. The van der Waals surface area contributed by atoms with Gasteiger partial charge in [-0.3, -0.25) is 4.79 Å². The number of aromatic nitrogens is 1. The van der Waals surface area contributed by atoms with Crippen molar-refractivity contribution >= 4 is 45.7 Å².